The molecule has 0 heterocycles. The lowest BCUT2D eigenvalue weighted by Gasteiger charge is -2.18. The first-order chi connectivity index (χ1) is 39.5. The predicted molar refractivity (Wildman–Crippen MR) is 349 cm³/mol. The first-order valence-electron chi connectivity index (χ1n) is 35.6. The van der Waals surface area contributed by atoms with Crippen LogP contribution in [-0.4, -0.2) is 37.2 Å². The van der Waals surface area contributed by atoms with E-state index in [-0.39, 0.29) is 31.1 Å². The third kappa shape index (κ3) is 66.2. The smallest absolute Gasteiger partial charge is 0.306 e. The molecule has 0 spiro atoms. The average Bonchev–Trinajstić information content (AvgIpc) is 3.46. The Hall–Kier alpha value is -2.63. The van der Waals surface area contributed by atoms with Crippen molar-refractivity contribution in [2.75, 3.05) is 13.2 Å². The van der Waals surface area contributed by atoms with E-state index in [4.69, 9.17) is 14.2 Å². The maximum Gasteiger partial charge on any atom is 0.306 e. The van der Waals surface area contributed by atoms with Gasteiger partial charge in [0.05, 0.1) is 0 Å². The quantitative estimate of drug-likeness (QED) is 0.0261. The van der Waals surface area contributed by atoms with Crippen LogP contribution in [0, 0.1) is 0 Å². The van der Waals surface area contributed by atoms with Gasteiger partial charge in [-0.25, -0.2) is 0 Å². The molecule has 0 rings (SSSR count). The molecule has 468 valence electrons. The molecular weight excluding hydrogens is 985 g/mol. The lowest BCUT2D eigenvalue weighted by Crippen LogP contribution is -2.30. The van der Waals surface area contributed by atoms with Gasteiger partial charge in [0.1, 0.15) is 13.2 Å². The van der Waals surface area contributed by atoms with E-state index in [0.717, 1.165) is 89.9 Å². The SMILES string of the molecule is CCCC/C=C\CCCCCCCC(=O)OCC(COC(=O)CCCCCCCCCCCCCCCCCCCCCCCCC/C=C\CCCCCCCCCC)OC(=O)CCCCCCC/C=C\C/C=C\CCCCCC. The van der Waals surface area contributed by atoms with E-state index in [1.807, 2.05) is 0 Å². The van der Waals surface area contributed by atoms with E-state index in [1.54, 1.807) is 0 Å². The number of unbranched alkanes of at least 4 members (excludes halogenated alkanes) is 47. The van der Waals surface area contributed by atoms with Gasteiger partial charge in [0, 0.05) is 19.3 Å². The summed E-state index contributed by atoms with van der Waals surface area (Å²) in [5.41, 5.74) is 0. The Morgan fingerprint density at radius 2 is 0.463 bits per heavy atom. The van der Waals surface area contributed by atoms with Crippen molar-refractivity contribution in [2.45, 2.75) is 393 Å². The molecular formula is C74H136O6. The van der Waals surface area contributed by atoms with Gasteiger partial charge in [-0.2, -0.15) is 0 Å². The summed E-state index contributed by atoms with van der Waals surface area (Å²) >= 11 is 0. The van der Waals surface area contributed by atoms with E-state index in [0.29, 0.717) is 19.3 Å². The summed E-state index contributed by atoms with van der Waals surface area (Å²) in [4.78, 5) is 38.3. The van der Waals surface area contributed by atoms with Gasteiger partial charge >= 0.3 is 17.9 Å². The molecule has 6 heteroatoms. The third-order valence-electron chi connectivity index (χ3n) is 16.0. The number of esters is 3. The Labute approximate surface area is 498 Å². The molecule has 0 aliphatic rings. The summed E-state index contributed by atoms with van der Waals surface area (Å²) in [5, 5.41) is 0. The van der Waals surface area contributed by atoms with E-state index in [1.165, 1.54) is 257 Å². The zero-order chi connectivity index (χ0) is 57.8. The monoisotopic (exact) mass is 1120 g/mol. The fraction of sp³-hybridized carbons (Fsp3) is 0.851. The van der Waals surface area contributed by atoms with Crippen LogP contribution >= 0.6 is 0 Å². The van der Waals surface area contributed by atoms with Crippen LogP contribution < -0.4 is 0 Å². The molecule has 0 N–H and O–H groups in total. The molecule has 0 fully saturated rings. The maximum absolute atomic E-state index is 12.9. The number of carbonyl (C=O) groups is 3. The summed E-state index contributed by atoms with van der Waals surface area (Å²) in [6.07, 6.45) is 87.4. The zero-order valence-electron chi connectivity index (χ0n) is 53.9. The van der Waals surface area contributed by atoms with Crippen molar-refractivity contribution in [1.29, 1.82) is 0 Å². The molecule has 0 aromatic carbocycles. The maximum atomic E-state index is 12.9. The highest BCUT2D eigenvalue weighted by Gasteiger charge is 2.19. The van der Waals surface area contributed by atoms with Gasteiger partial charge in [-0.1, -0.05) is 320 Å². The highest BCUT2D eigenvalue weighted by atomic mass is 16.6. The third-order valence-corrected chi connectivity index (χ3v) is 16.0. The molecule has 0 radical (unpaired) electrons. The second kappa shape index (κ2) is 68.9. The molecule has 0 aliphatic carbocycles. The van der Waals surface area contributed by atoms with Crippen LogP contribution in [0.25, 0.3) is 0 Å². The van der Waals surface area contributed by atoms with Crippen LogP contribution in [0.4, 0.5) is 0 Å². The van der Waals surface area contributed by atoms with Crippen LogP contribution in [-0.2, 0) is 28.6 Å². The molecule has 0 bridgehead atoms. The van der Waals surface area contributed by atoms with Gasteiger partial charge in [-0.15, -0.1) is 0 Å². The molecule has 0 saturated heterocycles. The van der Waals surface area contributed by atoms with Gasteiger partial charge in [-0.05, 0) is 96.3 Å². The van der Waals surface area contributed by atoms with Crippen LogP contribution in [0.1, 0.15) is 387 Å². The highest BCUT2D eigenvalue weighted by Crippen LogP contribution is 2.18. The second-order valence-electron chi connectivity index (χ2n) is 24.1. The van der Waals surface area contributed by atoms with Crippen molar-refractivity contribution in [3.05, 3.63) is 48.6 Å². The molecule has 0 amide bonds. The van der Waals surface area contributed by atoms with Gasteiger partial charge in [0.15, 0.2) is 6.10 Å². The number of carbonyl (C=O) groups excluding carboxylic acids is 3. The van der Waals surface area contributed by atoms with Crippen molar-refractivity contribution in [3.63, 3.8) is 0 Å². The minimum Gasteiger partial charge on any atom is -0.462 e. The Kier molecular flexibility index (Phi) is 66.6. The number of hydrogen-bond donors (Lipinski definition) is 0. The van der Waals surface area contributed by atoms with Crippen molar-refractivity contribution in [1.82, 2.24) is 0 Å². The molecule has 0 aromatic heterocycles. The molecule has 1 atom stereocenters. The van der Waals surface area contributed by atoms with E-state index >= 15 is 0 Å². The molecule has 0 aliphatic heterocycles. The van der Waals surface area contributed by atoms with Crippen molar-refractivity contribution < 1.29 is 28.6 Å². The summed E-state index contributed by atoms with van der Waals surface area (Å²) < 4.78 is 16.9. The van der Waals surface area contributed by atoms with Gasteiger partial charge in [0.2, 0.25) is 0 Å². The van der Waals surface area contributed by atoms with Crippen molar-refractivity contribution in [2.24, 2.45) is 0 Å². The van der Waals surface area contributed by atoms with Crippen LogP contribution in [0.5, 0.6) is 0 Å². The van der Waals surface area contributed by atoms with Crippen LogP contribution in [0.15, 0.2) is 48.6 Å². The predicted octanol–water partition coefficient (Wildman–Crippen LogP) is 24.5. The minimum atomic E-state index is -0.782. The molecule has 1 unspecified atom stereocenters. The summed E-state index contributed by atoms with van der Waals surface area (Å²) in [5.74, 6) is -0.881. The topological polar surface area (TPSA) is 78.9 Å². The fourth-order valence-electron chi connectivity index (χ4n) is 10.6. The highest BCUT2D eigenvalue weighted by molar-refractivity contribution is 5.71. The Bertz CT molecular complexity index is 1380. The summed E-state index contributed by atoms with van der Waals surface area (Å²) in [6, 6.07) is 0. The van der Waals surface area contributed by atoms with Gasteiger partial charge in [0.25, 0.3) is 0 Å². The van der Waals surface area contributed by atoms with Gasteiger partial charge < -0.3 is 14.2 Å². The first kappa shape index (κ1) is 77.4. The molecule has 0 saturated carbocycles. The van der Waals surface area contributed by atoms with Crippen LogP contribution in [0.2, 0.25) is 0 Å². The van der Waals surface area contributed by atoms with Crippen molar-refractivity contribution in [3.8, 4) is 0 Å². The minimum absolute atomic E-state index is 0.0778. The Balaban J connectivity index is 4.03. The lowest BCUT2D eigenvalue weighted by molar-refractivity contribution is -0.167. The Morgan fingerprint density at radius 3 is 0.750 bits per heavy atom. The zero-order valence-corrected chi connectivity index (χ0v) is 53.9. The summed E-state index contributed by atoms with van der Waals surface area (Å²) in [7, 11) is 0. The van der Waals surface area contributed by atoms with E-state index in [9.17, 15) is 14.4 Å². The largest absolute Gasteiger partial charge is 0.462 e. The van der Waals surface area contributed by atoms with Gasteiger partial charge in [-0.3, -0.25) is 14.4 Å². The van der Waals surface area contributed by atoms with E-state index < -0.39 is 6.10 Å². The van der Waals surface area contributed by atoms with E-state index in [2.05, 4.69) is 69.4 Å². The first-order valence-corrected chi connectivity index (χ1v) is 35.6. The number of rotatable bonds is 66. The molecule has 80 heavy (non-hydrogen) atoms. The van der Waals surface area contributed by atoms with Crippen LogP contribution in [0.3, 0.4) is 0 Å². The molecule has 6 nitrogen and oxygen atoms in total. The fourth-order valence-corrected chi connectivity index (χ4v) is 10.6. The standard InChI is InChI=1S/C74H136O6/c1-4-7-10-13-16-19-22-24-26-28-29-30-31-32-33-34-35-36-37-38-39-40-41-42-43-44-45-46-48-49-52-55-58-61-64-67-73(76)79-70-71(69-78-72(75)66-63-60-57-54-51-21-18-15-12-9-6-3)80-74(77)68-65-62-59-56-53-50-47-27-25-23-20-17-14-11-8-5-2/h15,18,20,23,27-29,47,71H,4-14,16-17,19,21-22,24-26,30-46,48-70H2,1-3H3/b18-15-,23-20-,29-28-,47-27-. The lowest BCUT2D eigenvalue weighted by atomic mass is 10.0. The Morgan fingerprint density at radius 1 is 0.250 bits per heavy atom. The average molecular weight is 1120 g/mol. The normalized spacial score (nSPS) is 12.3. The number of allylic oxidation sites excluding steroid dienone is 8. The molecule has 0 aromatic rings. The number of ether oxygens (including phenoxy) is 3. The van der Waals surface area contributed by atoms with Crippen molar-refractivity contribution >= 4 is 17.9 Å². The summed E-state index contributed by atoms with van der Waals surface area (Å²) in [6.45, 7) is 6.62. The number of hydrogen-bond acceptors (Lipinski definition) is 6. The second-order valence-corrected chi connectivity index (χ2v) is 24.1.